The van der Waals surface area contributed by atoms with Crippen LogP contribution in [0.15, 0.2) is 33.9 Å². The quantitative estimate of drug-likeness (QED) is 0.538. The number of benzene rings is 1. The molecule has 1 unspecified atom stereocenters. The third kappa shape index (κ3) is 3.85. The summed E-state index contributed by atoms with van der Waals surface area (Å²) < 4.78 is 45.0. The van der Waals surface area contributed by atoms with Crippen molar-refractivity contribution in [2.45, 2.75) is 17.4 Å². The van der Waals surface area contributed by atoms with E-state index >= 15 is 0 Å². The van der Waals surface area contributed by atoms with Crippen LogP contribution >= 0.6 is 11.3 Å². The van der Waals surface area contributed by atoms with E-state index in [1.54, 1.807) is 10.8 Å². The van der Waals surface area contributed by atoms with E-state index in [2.05, 4.69) is 0 Å². The SMILES string of the molecule is O=S(=O)([O-])c1cccc(O)c1CC1COc2cscc2O1.[K+]. The van der Waals surface area contributed by atoms with Crippen LogP contribution in [0, 0.1) is 0 Å². The number of phenolic OH excluding ortho intramolecular Hbond substituents is 1. The summed E-state index contributed by atoms with van der Waals surface area (Å²) in [5, 5.41) is 13.4. The van der Waals surface area contributed by atoms with Gasteiger partial charge in [-0.25, -0.2) is 8.42 Å². The van der Waals surface area contributed by atoms with Crippen LogP contribution in [0.3, 0.4) is 0 Å². The Morgan fingerprint density at radius 1 is 1.32 bits per heavy atom. The summed E-state index contributed by atoms with van der Waals surface area (Å²) in [6.45, 7) is 0.219. The second-order valence-corrected chi connectivity index (χ2v) is 6.65. The minimum Gasteiger partial charge on any atom is -0.744 e. The van der Waals surface area contributed by atoms with Gasteiger partial charge in [-0.1, -0.05) is 6.07 Å². The van der Waals surface area contributed by atoms with Crippen LogP contribution in [-0.2, 0) is 16.5 Å². The molecule has 0 fully saturated rings. The number of aromatic hydroxyl groups is 1. The molecule has 0 saturated carbocycles. The monoisotopic (exact) mass is 366 g/mol. The standard InChI is InChI=1S/C13H12O6S2.K/c14-10-2-1-3-13(21(15,16)17)9(10)4-8-5-18-11-6-20-7-12(11)19-8;/h1-3,6-8,14H,4-5H2,(H,15,16,17);/q;+1/p-1. The molecular formula is C13H11KO6S2. The van der Waals surface area contributed by atoms with Gasteiger partial charge in [0.25, 0.3) is 0 Å². The molecular weight excluding hydrogens is 355 g/mol. The summed E-state index contributed by atoms with van der Waals surface area (Å²) in [5.41, 5.74) is 0.0554. The molecule has 0 saturated heterocycles. The molecule has 1 N–H and O–H groups in total. The fourth-order valence-corrected chi connectivity index (χ4v) is 3.59. The van der Waals surface area contributed by atoms with Crippen molar-refractivity contribution in [3.05, 3.63) is 34.5 Å². The number of hydrogen-bond donors (Lipinski definition) is 1. The number of phenols is 1. The molecule has 2 aromatic rings. The van der Waals surface area contributed by atoms with Crippen LogP contribution in [-0.4, -0.2) is 30.8 Å². The Kier molecular flexibility index (Phi) is 5.94. The molecule has 3 rings (SSSR count). The molecule has 0 radical (unpaired) electrons. The van der Waals surface area contributed by atoms with E-state index in [-0.39, 0.29) is 75.7 Å². The first-order valence-corrected chi connectivity index (χ1v) is 8.42. The zero-order valence-corrected chi connectivity index (χ0v) is 16.4. The molecule has 6 nitrogen and oxygen atoms in total. The Morgan fingerprint density at radius 3 is 2.77 bits per heavy atom. The maximum absolute atomic E-state index is 11.3. The molecule has 1 atom stereocenters. The number of fused-ring (bicyclic) bond motifs is 1. The van der Waals surface area contributed by atoms with Gasteiger partial charge in [0.1, 0.15) is 28.6 Å². The molecule has 112 valence electrons. The maximum atomic E-state index is 11.3. The molecule has 0 aliphatic carbocycles. The first kappa shape index (κ1) is 18.2. The van der Waals surface area contributed by atoms with Crippen molar-refractivity contribution in [1.29, 1.82) is 0 Å². The number of ether oxygens (including phenoxy) is 2. The van der Waals surface area contributed by atoms with E-state index in [0.717, 1.165) is 0 Å². The van der Waals surface area contributed by atoms with Gasteiger partial charge in [-0.05, 0) is 12.1 Å². The van der Waals surface area contributed by atoms with Gasteiger partial charge in [-0.2, -0.15) is 0 Å². The molecule has 0 spiro atoms. The molecule has 1 aromatic carbocycles. The molecule has 0 amide bonds. The van der Waals surface area contributed by atoms with Crippen LogP contribution in [0.4, 0.5) is 0 Å². The van der Waals surface area contributed by atoms with Gasteiger partial charge in [-0.3, -0.25) is 0 Å². The molecule has 0 bridgehead atoms. The average Bonchev–Trinajstić information content (AvgIpc) is 2.87. The number of thiophene rings is 1. The molecule has 22 heavy (non-hydrogen) atoms. The molecule has 1 aromatic heterocycles. The predicted octanol–water partition coefficient (Wildman–Crippen LogP) is -1.26. The van der Waals surface area contributed by atoms with Gasteiger partial charge in [0.15, 0.2) is 11.5 Å². The fraction of sp³-hybridized carbons (Fsp3) is 0.231. The van der Waals surface area contributed by atoms with Gasteiger partial charge < -0.3 is 19.1 Å². The Bertz CT molecular complexity index is 771. The number of hydrogen-bond acceptors (Lipinski definition) is 7. The van der Waals surface area contributed by atoms with E-state index in [4.69, 9.17) is 9.47 Å². The number of rotatable bonds is 3. The van der Waals surface area contributed by atoms with Crippen molar-refractivity contribution in [3.63, 3.8) is 0 Å². The van der Waals surface area contributed by atoms with Gasteiger partial charge in [0.05, 0.1) is 4.90 Å². The second kappa shape index (κ2) is 7.18. The zero-order valence-electron chi connectivity index (χ0n) is 11.7. The first-order chi connectivity index (χ1) is 9.95. The Labute approximate surface area is 174 Å². The van der Waals surface area contributed by atoms with Crippen molar-refractivity contribution in [2.24, 2.45) is 0 Å². The van der Waals surface area contributed by atoms with E-state index in [9.17, 15) is 18.1 Å². The van der Waals surface area contributed by atoms with Crippen molar-refractivity contribution in [1.82, 2.24) is 0 Å². The van der Waals surface area contributed by atoms with E-state index < -0.39 is 21.1 Å². The van der Waals surface area contributed by atoms with Crippen LogP contribution in [0.1, 0.15) is 5.56 Å². The third-order valence-electron chi connectivity index (χ3n) is 3.12. The summed E-state index contributed by atoms with van der Waals surface area (Å²) in [6.07, 6.45) is -0.403. The van der Waals surface area contributed by atoms with Gasteiger partial charge in [0.2, 0.25) is 0 Å². The van der Waals surface area contributed by atoms with Crippen LogP contribution in [0.2, 0.25) is 0 Å². The summed E-state index contributed by atoms with van der Waals surface area (Å²) in [7, 11) is -4.66. The second-order valence-electron chi connectivity index (χ2n) is 4.56. The summed E-state index contributed by atoms with van der Waals surface area (Å²) in [5.74, 6) is 0.982. The largest absolute Gasteiger partial charge is 1.00 e. The van der Waals surface area contributed by atoms with E-state index in [0.29, 0.717) is 11.5 Å². The van der Waals surface area contributed by atoms with Crippen molar-refractivity contribution < 1.29 is 78.9 Å². The summed E-state index contributed by atoms with van der Waals surface area (Å²) in [4.78, 5) is -0.429. The minimum atomic E-state index is -4.66. The Balaban J connectivity index is 0.00000176. The van der Waals surface area contributed by atoms with Crippen LogP contribution in [0.25, 0.3) is 0 Å². The molecule has 9 heteroatoms. The van der Waals surface area contributed by atoms with Gasteiger partial charge in [0, 0.05) is 22.7 Å². The molecule has 1 aliphatic rings. The van der Waals surface area contributed by atoms with Crippen LogP contribution in [0.5, 0.6) is 17.2 Å². The zero-order chi connectivity index (χ0) is 15.0. The Hall–Kier alpha value is -0.134. The average molecular weight is 366 g/mol. The summed E-state index contributed by atoms with van der Waals surface area (Å²) in [6, 6.07) is 3.83. The van der Waals surface area contributed by atoms with Crippen molar-refractivity contribution in [3.8, 4) is 17.2 Å². The maximum Gasteiger partial charge on any atom is 1.00 e. The van der Waals surface area contributed by atoms with Gasteiger partial charge >= 0.3 is 51.4 Å². The fourth-order valence-electron chi connectivity index (χ4n) is 2.18. The molecule has 2 heterocycles. The molecule has 1 aliphatic heterocycles. The smallest absolute Gasteiger partial charge is 0.744 e. The third-order valence-corrected chi connectivity index (χ3v) is 4.74. The van der Waals surface area contributed by atoms with Crippen LogP contribution < -0.4 is 60.9 Å². The predicted molar refractivity (Wildman–Crippen MR) is 74.0 cm³/mol. The Morgan fingerprint density at radius 2 is 2.05 bits per heavy atom. The van der Waals surface area contributed by atoms with Gasteiger partial charge in [-0.15, -0.1) is 11.3 Å². The normalized spacial score (nSPS) is 16.9. The van der Waals surface area contributed by atoms with E-state index in [1.807, 2.05) is 0 Å². The topological polar surface area (TPSA) is 95.9 Å². The van der Waals surface area contributed by atoms with E-state index in [1.165, 1.54) is 29.5 Å². The minimum absolute atomic E-state index is 0. The van der Waals surface area contributed by atoms with Crippen molar-refractivity contribution >= 4 is 21.5 Å². The van der Waals surface area contributed by atoms with Crippen molar-refractivity contribution in [2.75, 3.05) is 6.61 Å². The summed E-state index contributed by atoms with van der Waals surface area (Å²) >= 11 is 1.43. The first-order valence-electron chi connectivity index (χ1n) is 6.07.